The van der Waals surface area contributed by atoms with E-state index >= 15 is 0 Å². The van der Waals surface area contributed by atoms with E-state index in [0.717, 1.165) is 10.0 Å². The minimum absolute atomic E-state index is 0.246. The first-order valence-corrected chi connectivity index (χ1v) is 8.25. The van der Waals surface area contributed by atoms with Crippen LogP contribution in [0.2, 0.25) is 0 Å². The van der Waals surface area contributed by atoms with Crippen LogP contribution in [-0.4, -0.2) is 11.8 Å². The van der Waals surface area contributed by atoms with Crippen molar-refractivity contribution in [2.75, 3.05) is 10.6 Å². The van der Waals surface area contributed by atoms with Crippen molar-refractivity contribution in [3.63, 3.8) is 0 Å². The normalized spacial score (nSPS) is 14.9. The topological polar surface area (TPSA) is 58.2 Å². The minimum atomic E-state index is -0.958. The molecule has 0 saturated heterocycles. The van der Waals surface area contributed by atoms with Gasteiger partial charge in [0.25, 0.3) is 0 Å². The van der Waals surface area contributed by atoms with E-state index in [1.54, 1.807) is 0 Å². The zero-order valence-corrected chi connectivity index (χ0v) is 14.3. The van der Waals surface area contributed by atoms with Crippen LogP contribution in [-0.2, 0) is 9.59 Å². The molecule has 1 aliphatic carbocycles. The molecule has 1 fully saturated rings. The molecule has 4 nitrogen and oxygen atoms in total. The third-order valence-corrected chi connectivity index (χ3v) is 4.68. The lowest BCUT2D eigenvalue weighted by molar-refractivity contribution is -0.131. The van der Waals surface area contributed by atoms with Crippen molar-refractivity contribution in [3.05, 3.63) is 58.6 Å². The second kappa shape index (κ2) is 6.16. The van der Waals surface area contributed by atoms with E-state index in [4.69, 9.17) is 0 Å². The van der Waals surface area contributed by atoms with E-state index in [-0.39, 0.29) is 11.8 Å². The molecule has 2 N–H and O–H groups in total. The van der Waals surface area contributed by atoms with Crippen molar-refractivity contribution in [1.82, 2.24) is 0 Å². The molecule has 0 aliphatic heterocycles. The number of carbonyl (C=O) groups excluding carboxylic acids is 2. The van der Waals surface area contributed by atoms with Gasteiger partial charge in [-0.15, -0.1) is 0 Å². The van der Waals surface area contributed by atoms with Gasteiger partial charge in [-0.05, 0) is 65.5 Å². The van der Waals surface area contributed by atoms with E-state index in [0.29, 0.717) is 24.2 Å². The lowest BCUT2D eigenvalue weighted by atomic mass is 10.0. The van der Waals surface area contributed by atoms with Crippen LogP contribution in [0.5, 0.6) is 0 Å². The Hall–Kier alpha value is -2.14. The minimum Gasteiger partial charge on any atom is -0.325 e. The fraction of sp³-hybridized carbons (Fsp3) is 0.222. The van der Waals surface area contributed by atoms with Crippen molar-refractivity contribution in [1.29, 1.82) is 0 Å². The molecule has 118 valence electrons. The van der Waals surface area contributed by atoms with Gasteiger partial charge in [-0.3, -0.25) is 9.59 Å². The second-order valence-electron chi connectivity index (χ2n) is 5.84. The molecule has 5 heteroatoms. The monoisotopic (exact) mass is 372 g/mol. The molecule has 1 aliphatic rings. The Labute approximate surface area is 143 Å². The number of para-hydroxylation sites is 1. The summed E-state index contributed by atoms with van der Waals surface area (Å²) >= 11 is 3.44. The molecule has 2 amide bonds. The maximum absolute atomic E-state index is 12.6. The maximum Gasteiger partial charge on any atom is 0.240 e. The highest BCUT2D eigenvalue weighted by molar-refractivity contribution is 9.10. The summed E-state index contributed by atoms with van der Waals surface area (Å²) in [4.78, 5) is 25.1. The molecule has 3 rings (SSSR count). The number of nitrogens with one attached hydrogen (secondary N) is 2. The first kappa shape index (κ1) is 15.7. The zero-order chi connectivity index (χ0) is 16.4. The number of aryl methyl sites for hydroxylation is 1. The van der Waals surface area contributed by atoms with Crippen LogP contribution in [0.25, 0.3) is 0 Å². The van der Waals surface area contributed by atoms with Crippen molar-refractivity contribution in [2.45, 2.75) is 19.8 Å². The fourth-order valence-electron chi connectivity index (χ4n) is 2.42. The number of halogens is 1. The summed E-state index contributed by atoms with van der Waals surface area (Å²) in [5.74, 6) is -0.500. The summed E-state index contributed by atoms with van der Waals surface area (Å²) in [6, 6.07) is 14.9. The Kier molecular flexibility index (Phi) is 4.22. The van der Waals surface area contributed by atoms with Crippen molar-refractivity contribution >= 4 is 39.1 Å². The third kappa shape index (κ3) is 3.29. The van der Waals surface area contributed by atoms with E-state index in [9.17, 15) is 9.59 Å². The molecule has 0 aromatic heterocycles. The number of amides is 2. The van der Waals surface area contributed by atoms with Crippen molar-refractivity contribution in [2.24, 2.45) is 5.41 Å². The number of rotatable bonds is 4. The molecule has 0 atom stereocenters. The van der Waals surface area contributed by atoms with Crippen LogP contribution in [0.3, 0.4) is 0 Å². The van der Waals surface area contributed by atoms with Crippen molar-refractivity contribution < 1.29 is 9.59 Å². The third-order valence-electron chi connectivity index (χ3n) is 4.02. The quantitative estimate of drug-likeness (QED) is 0.793. The van der Waals surface area contributed by atoms with E-state index in [1.807, 2.05) is 55.5 Å². The first-order valence-electron chi connectivity index (χ1n) is 7.45. The highest BCUT2D eigenvalue weighted by atomic mass is 79.9. The largest absolute Gasteiger partial charge is 0.325 e. The van der Waals surface area contributed by atoms with E-state index in [2.05, 4.69) is 26.6 Å². The van der Waals surface area contributed by atoms with Gasteiger partial charge in [-0.1, -0.05) is 24.3 Å². The maximum atomic E-state index is 12.6. The molecular formula is C18H17BrN2O2. The van der Waals surface area contributed by atoms with Crippen molar-refractivity contribution in [3.8, 4) is 0 Å². The molecular weight excluding hydrogens is 356 g/mol. The van der Waals surface area contributed by atoms with Gasteiger partial charge in [-0.2, -0.15) is 0 Å². The zero-order valence-electron chi connectivity index (χ0n) is 12.7. The van der Waals surface area contributed by atoms with Gasteiger partial charge < -0.3 is 10.6 Å². The summed E-state index contributed by atoms with van der Waals surface area (Å²) in [5.41, 5.74) is 1.52. The Bertz CT molecular complexity index is 755. The van der Waals surface area contributed by atoms with Crippen LogP contribution in [0, 0.1) is 12.3 Å². The predicted molar refractivity (Wildman–Crippen MR) is 94.2 cm³/mol. The Morgan fingerprint density at radius 3 is 2.26 bits per heavy atom. The summed E-state index contributed by atoms with van der Waals surface area (Å²) in [7, 11) is 0. The Balaban J connectivity index is 1.72. The lowest BCUT2D eigenvalue weighted by Gasteiger charge is -2.16. The molecule has 0 heterocycles. The number of benzene rings is 2. The van der Waals surface area contributed by atoms with Gasteiger partial charge in [0.05, 0.1) is 5.69 Å². The standard InChI is InChI=1S/C18H17BrN2O2/c1-12-7-8-15(14(19)11-12)21-17(23)18(9-10-18)16(22)20-13-5-3-2-4-6-13/h2-8,11H,9-10H2,1H3,(H,20,22)(H,21,23). The first-order chi connectivity index (χ1) is 11.0. The van der Waals surface area contributed by atoms with Gasteiger partial charge in [0.1, 0.15) is 5.41 Å². The van der Waals surface area contributed by atoms with Gasteiger partial charge in [0.2, 0.25) is 11.8 Å². The molecule has 0 radical (unpaired) electrons. The predicted octanol–water partition coefficient (Wildman–Crippen LogP) is 4.11. The number of carbonyl (C=O) groups is 2. The highest BCUT2D eigenvalue weighted by Gasteiger charge is 2.56. The average Bonchev–Trinajstić information content (AvgIpc) is 3.33. The summed E-state index contributed by atoms with van der Waals surface area (Å²) in [6.45, 7) is 1.98. The van der Waals surface area contributed by atoms with E-state index < -0.39 is 5.41 Å². The number of hydrogen-bond acceptors (Lipinski definition) is 2. The molecule has 0 unspecified atom stereocenters. The Morgan fingerprint density at radius 1 is 1.00 bits per heavy atom. The van der Waals surface area contributed by atoms with Crippen LogP contribution >= 0.6 is 15.9 Å². The SMILES string of the molecule is Cc1ccc(NC(=O)C2(C(=O)Nc3ccccc3)CC2)c(Br)c1. The molecule has 2 aromatic carbocycles. The molecule has 1 saturated carbocycles. The summed E-state index contributed by atoms with van der Waals surface area (Å²) < 4.78 is 0.810. The number of hydrogen-bond donors (Lipinski definition) is 2. The van der Waals surface area contributed by atoms with Crippen LogP contribution < -0.4 is 10.6 Å². The number of anilines is 2. The van der Waals surface area contributed by atoms with Gasteiger partial charge in [-0.25, -0.2) is 0 Å². The van der Waals surface area contributed by atoms with Crippen LogP contribution in [0.1, 0.15) is 18.4 Å². The average molecular weight is 373 g/mol. The second-order valence-corrected chi connectivity index (χ2v) is 6.69. The Morgan fingerprint density at radius 2 is 1.65 bits per heavy atom. The van der Waals surface area contributed by atoms with Crippen LogP contribution in [0.4, 0.5) is 11.4 Å². The van der Waals surface area contributed by atoms with E-state index in [1.165, 1.54) is 0 Å². The van der Waals surface area contributed by atoms with Crippen LogP contribution in [0.15, 0.2) is 53.0 Å². The van der Waals surface area contributed by atoms with Gasteiger partial charge in [0.15, 0.2) is 0 Å². The summed E-state index contributed by atoms with van der Waals surface area (Å²) in [5, 5.41) is 5.68. The van der Waals surface area contributed by atoms with Gasteiger partial charge >= 0.3 is 0 Å². The molecule has 0 spiro atoms. The molecule has 0 bridgehead atoms. The highest BCUT2D eigenvalue weighted by Crippen LogP contribution is 2.47. The summed E-state index contributed by atoms with van der Waals surface area (Å²) in [6.07, 6.45) is 1.14. The molecule has 2 aromatic rings. The molecule has 23 heavy (non-hydrogen) atoms. The fourth-order valence-corrected chi connectivity index (χ4v) is 3.01. The van der Waals surface area contributed by atoms with Gasteiger partial charge in [0, 0.05) is 10.2 Å². The lowest BCUT2D eigenvalue weighted by Crippen LogP contribution is -2.35. The smallest absolute Gasteiger partial charge is 0.240 e.